The summed E-state index contributed by atoms with van der Waals surface area (Å²) in [7, 11) is 1.51. The lowest BCUT2D eigenvalue weighted by Crippen LogP contribution is -2.49. The fraction of sp³-hybridized carbons (Fsp3) is 0.321. The van der Waals surface area contributed by atoms with Gasteiger partial charge < -0.3 is 9.64 Å². The van der Waals surface area contributed by atoms with Crippen molar-refractivity contribution >= 4 is 11.6 Å². The first-order chi connectivity index (χ1) is 18.2. The van der Waals surface area contributed by atoms with Gasteiger partial charge in [0, 0.05) is 43.3 Å². The zero-order valence-electron chi connectivity index (χ0n) is 21.4. The van der Waals surface area contributed by atoms with Crippen LogP contribution in [0, 0.1) is 6.92 Å². The van der Waals surface area contributed by atoms with E-state index in [1.807, 2.05) is 18.2 Å². The van der Waals surface area contributed by atoms with E-state index >= 15 is 0 Å². The van der Waals surface area contributed by atoms with E-state index in [1.54, 1.807) is 29.2 Å². The second kappa shape index (κ2) is 10.1. The highest BCUT2D eigenvalue weighted by molar-refractivity contribution is 6.00. The number of carbonyl (C=O) groups excluding carboxylic acids is 1. The maximum absolute atomic E-state index is 14.2. The number of nitrogens with zero attached hydrogens (tertiary/aromatic N) is 5. The molecule has 10 heteroatoms. The molecule has 1 aliphatic heterocycles. The van der Waals surface area contributed by atoms with E-state index in [-0.39, 0.29) is 34.4 Å². The van der Waals surface area contributed by atoms with Crippen LogP contribution in [0.1, 0.15) is 40.1 Å². The summed E-state index contributed by atoms with van der Waals surface area (Å²) in [4.78, 5) is 22.0. The quantitative estimate of drug-likeness (QED) is 0.358. The Morgan fingerprint density at radius 3 is 2.26 bits per heavy atom. The number of hydrogen-bond acceptors (Lipinski definition) is 5. The molecule has 0 bridgehead atoms. The van der Waals surface area contributed by atoms with Gasteiger partial charge in [0.1, 0.15) is 11.3 Å². The van der Waals surface area contributed by atoms with Gasteiger partial charge in [-0.05, 0) is 43.7 Å². The number of benzene rings is 2. The number of halogens is 3. The first-order valence-electron chi connectivity index (χ1n) is 12.4. The molecule has 2 aromatic carbocycles. The summed E-state index contributed by atoms with van der Waals surface area (Å²) in [6, 6.07) is 16.9. The molecule has 0 saturated carbocycles. The Balaban J connectivity index is 1.46. The van der Waals surface area contributed by atoms with Gasteiger partial charge in [-0.1, -0.05) is 30.3 Å². The molecular weight excluding hydrogens is 495 g/mol. The molecule has 0 aliphatic carbocycles. The van der Waals surface area contributed by atoms with Crippen molar-refractivity contribution < 1.29 is 22.7 Å². The largest absolute Gasteiger partial charge is 0.497 e. The summed E-state index contributed by atoms with van der Waals surface area (Å²) < 4.78 is 48.5. The highest BCUT2D eigenvalue weighted by Gasteiger charge is 2.39. The predicted octanol–water partition coefficient (Wildman–Crippen LogP) is 5.25. The summed E-state index contributed by atoms with van der Waals surface area (Å²) in [6.07, 6.45) is -3.51. The molecule has 5 rings (SSSR count). The van der Waals surface area contributed by atoms with Gasteiger partial charge in [-0.25, -0.2) is 9.50 Å². The highest BCUT2D eigenvalue weighted by atomic mass is 19.4. The van der Waals surface area contributed by atoms with E-state index in [9.17, 15) is 18.0 Å². The number of rotatable bonds is 5. The van der Waals surface area contributed by atoms with Gasteiger partial charge in [-0.2, -0.15) is 18.3 Å². The molecule has 0 N–H and O–H groups in total. The Kier molecular flexibility index (Phi) is 6.83. The average molecular weight is 524 g/mol. The molecule has 3 heterocycles. The first-order valence-corrected chi connectivity index (χ1v) is 12.4. The topological polar surface area (TPSA) is 63.0 Å². The van der Waals surface area contributed by atoms with Crippen molar-refractivity contribution in [1.29, 1.82) is 0 Å². The number of amides is 1. The van der Waals surface area contributed by atoms with Gasteiger partial charge in [0.05, 0.1) is 19.0 Å². The molecule has 1 fully saturated rings. The number of carbonyl (C=O) groups is 1. The minimum Gasteiger partial charge on any atom is -0.497 e. The number of ether oxygens (including phenoxy) is 1. The van der Waals surface area contributed by atoms with Gasteiger partial charge in [0.15, 0.2) is 11.3 Å². The minimum atomic E-state index is -4.70. The number of aromatic nitrogens is 3. The fourth-order valence-electron chi connectivity index (χ4n) is 5.01. The number of fused-ring (bicyclic) bond motifs is 1. The Hall–Kier alpha value is -3.92. The molecule has 1 aliphatic rings. The lowest BCUT2D eigenvalue weighted by atomic mass is 10.0. The average Bonchev–Trinajstić information content (AvgIpc) is 3.35. The standard InChI is InChI=1S/C28H28F3N5O2/c1-18-24(21-9-11-22(38-3)12-10-21)33-26-23(17-32-36(26)25(18)28(29,30)31)27(37)35-15-13-34(14-16-35)19(2)20-7-5-4-6-8-20/h4-12,17,19H,13-16H2,1-3H3/t19-/m0/s1. The Morgan fingerprint density at radius 2 is 1.66 bits per heavy atom. The van der Waals surface area contributed by atoms with Gasteiger partial charge in [0.25, 0.3) is 5.91 Å². The first kappa shape index (κ1) is 25.7. The van der Waals surface area contributed by atoms with Crippen LogP contribution in [0.25, 0.3) is 16.9 Å². The third kappa shape index (κ3) is 4.71. The number of alkyl halides is 3. The second-order valence-corrected chi connectivity index (χ2v) is 9.37. The molecule has 1 amide bonds. The number of methoxy groups -OCH3 is 1. The van der Waals surface area contributed by atoms with Crippen molar-refractivity contribution in [3.05, 3.63) is 83.2 Å². The third-order valence-corrected chi connectivity index (χ3v) is 7.18. The van der Waals surface area contributed by atoms with Crippen molar-refractivity contribution in [2.24, 2.45) is 0 Å². The van der Waals surface area contributed by atoms with Crippen LogP contribution < -0.4 is 4.74 Å². The second-order valence-electron chi connectivity index (χ2n) is 9.37. The van der Waals surface area contributed by atoms with E-state index in [2.05, 4.69) is 34.0 Å². The summed E-state index contributed by atoms with van der Waals surface area (Å²) in [6.45, 7) is 5.71. The molecule has 0 radical (unpaired) electrons. The molecule has 1 saturated heterocycles. The van der Waals surface area contributed by atoms with Crippen LogP contribution >= 0.6 is 0 Å². The van der Waals surface area contributed by atoms with Crippen LogP contribution in [0.15, 0.2) is 60.8 Å². The Labute approximate surface area is 218 Å². The predicted molar refractivity (Wildman–Crippen MR) is 137 cm³/mol. The molecule has 7 nitrogen and oxygen atoms in total. The van der Waals surface area contributed by atoms with Crippen LogP contribution in [0.4, 0.5) is 13.2 Å². The highest BCUT2D eigenvalue weighted by Crippen LogP contribution is 2.37. The van der Waals surface area contributed by atoms with Gasteiger partial charge in [-0.3, -0.25) is 9.69 Å². The van der Waals surface area contributed by atoms with Crippen molar-refractivity contribution in [2.75, 3.05) is 33.3 Å². The molecule has 0 spiro atoms. The number of piperazine rings is 1. The van der Waals surface area contributed by atoms with Crippen LogP contribution in [-0.2, 0) is 6.18 Å². The van der Waals surface area contributed by atoms with Gasteiger partial charge in [-0.15, -0.1) is 0 Å². The fourth-order valence-corrected chi connectivity index (χ4v) is 5.01. The third-order valence-electron chi connectivity index (χ3n) is 7.18. The lowest BCUT2D eigenvalue weighted by molar-refractivity contribution is -0.143. The van der Waals surface area contributed by atoms with Crippen molar-refractivity contribution in [3.8, 4) is 17.0 Å². The molecular formula is C28H28F3N5O2. The Bertz CT molecular complexity index is 1440. The van der Waals surface area contributed by atoms with Crippen molar-refractivity contribution in [2.45, 2.75) is 26.1 Å². The zero-order chi connectivity index (χ0) is 27.0. The Morgan fingerprint density at radius 1 is 1.00 bits per heavy atom. The van der Waals surface area contributed by atoms with E-state index < -0.39 is 11.9 Å². The van der Waals surface area contributed by atoms with Gasteiger partial charge in [0.2, 0.25) is 0 Å². The van der Waals surface area contributed by atoms with E-state index in [0.717, 1.165) is 4.52 Å². The smallest absolute Gasteiger partial charge is 0.433 e. The summed E-state index contributed by atoms with van der Waals surface area (Å²) in [5.74, 6) is 0.196. The van der Waals surface area contributed by atoms with E-state index in [0.29, 0.717) is 37.5 Å². The van der Waals surface area contributed by atoms with Gasteiger partial charge >= 0.3 is 6.18 Å². The van der Waals surface area contributed by atoms with Crippen molar-refractivity contribution in [3.63, 3.8) is 0 Å². The maximum Gasteiger partial charge on any atom is 0.433 e. The SMILES string of the molecule is COc1ccc(-c2nc3c(C(=O)N4CCN([C@@H](C)c5ccccc5)CC4)cnn3c(C(F)(F)F)c2C)cc1. The molecule has 2 aromatic heterocycles. The van der Waals surface area contributed by atoms with E-state index in [4.69, 9.17) is 4.74 Å². The van der Waals surface area contributed by atoms with E-state index in [1.165, 1.54) is 25.8 Å². The molecule has 1 atom stereocenters. The molecule has 198 valence electrons. The van der Waals surface area contributed by atoms with Crippen LogP contribution in [-0.4, -0.2) is 63.6 Å². The summed E-state index contributed by atoms with van der Waals surface area (Å²) >= 11 is 0. The lowest BCUT2D eigenvalue weighted by Gasteiger charge is -2.38. The molecule has 38 heavy (non-hydrogen) atoms. The zero-order valence-corrected chi connectivity index (χ0v) is 21.4. The minimum absolute atomic E-state index is 0.0508. The van der Waals surface area contributed by atoms with Crippen LogP contribution in [0.2, 0.25) is 0 Å². The molecule has 0 unspecified atom stereocenters. The van der Waals surface area contributed by atoms with Crippen LogP contribution in [0.5, 0.6) is 5.75 Å². The number of hydrogen-bond donors (Lipinski definition) is 0. The summed E-state index contributed by atoms with van der Waals surface area (Å²) in [5.41, 5.74) is 0.742. The maximum atomic E-state index is 14.2. The van der Waals surface area contributed by atoms with Crippen molar-refractivity contribution in [1.82, 2.24) is 24.4 Å². The molecule has 4 aromatic rings. The monoisotopic (exact) mass is 523 g/mol. The normalized spacial score (nSPS) is 15.6. The van der Waals surface area contributed by atoms with Crippen LogP contribution in [0.3, 0.4) is 0 Å². The summed E-state index contributed by atoms with van der Waals surface area (Å²) in [5, 5.41) is 3.96.